The number of hydrogen-bond donors (Lipinski definition) is 1. The number of nitrogens with zero attached hydrogens (tertiary/aromatic N) is 1. The number of thioether (sulfide) groups is 1. The Labute approximate surface area is 146 Å². The maximum Gasteiger partial charge on any atom is 0.266 e. The topological polar surface area (TPSA) is 24.8 Å². The highest BCUT2D eigenvalue weighted by Crippen LogP contribution is 2.32. The van der Waals surface area contributed by atoms with E-state index in [4.69, 9.17) is 12.2 Å². The van der Waals surface area contributed by atoms with E-state index in [2.05, 4.69) is 13.8 Å². The van der Waals surface area contributed by atoms with Crippen LogP contribution in [0.3, 0.4) is 0 Å². The number of benzene rings is 1. The number of quaternary nitrogens is 1. The molecule has 0 bridgehead atoms. The molecule has 1 amide bonds. The van der Waals surface area contributed by atoms with Crippen LogP contribution in [-0.2, 0) is 4.79 Å². The molecule has 0 aliphatic carbocycles. The fraction of sp³-hybridized carbons (Fsp3) is 0.412. The van der Waals surface area contributed by atoms with Crippen molar-refractivity contribution in [1.29, 1.82) is 0 Å². The number of nitrogens with one attached hydrogen (secondary N) is 1. The van der Waals surface area contributed by atoms with E-state index in [1.54, 1.807) is 23.1 Å². The molecule has 6 heteroatoms. The molecule has 1 aromatic carbocycles. The van der Waals surface area contributed by atoms with Gasteiger partial charge in [0.2, 0.25) is 0 Å². The van der Waals surface area contributed by atoms with Crippen molar-refractivity contribution in [2.24, 2.45) is 0 Å². The van der Waals surface area contributed by atoms with Crippen molar-refractivity contribution in [3.05, 3.63) is 40.6 Å². The number of halogens is 1. The maximum atomic E-state index is 12.9. The second-order valence-electron chi connectivity index (χ2n) is 5.45. The summed E-state index contributed by atoms with van der Waals surface area (Å²) >= 11 is 6.65. The smallest absolute Gasteiger partial charge is 0.266 e. The van der Waals surface area contributed by atoms with Crippen LogP contribution in [0.5, 0.6) is 0 Å². The van der Waals surface area contributed by atoms with Gasteiger partial charge in [0.1, 0.15) is 10.1 Å². The second kappa shape index (κ2) is 8.57. The molecule has 2 rings (SSSR count). The molecule has 0 radical (unpaired) electrons. The van der Waals surface area contributed by atoms with Crippen LogP contribution in [0.4, 0.5) is 4.39 Å². The summed E-state index contributed by atoms with van der Waals surface area (Å²) < 4.78 is 13.5. The third-order valence-electron chi connectivity index (χ3n) is 3.95. The van der Waals surface area contributed by atoms with E-state index < -0.39 is 0 Å². The van der Waals surface area contributed by atoms with Crippen LogP contribution in [0.1, 0.15) is 25.8 Å². The van der Waals surface area contributed by atoms with E-state index in [1.165, 1.54) is 28.8 Å². The molecule has 1 aliphatic heterocycles. The van der Waals surface area contributed by atoms with Crippen molar-refractivity contribution < 1.29 is 14.1 Å². The van der Waals surface area contributed by atoms with Crippen molar-refractivity contribution in [3.63, 3.8) is 0 Å². The van der Waals surface area contributed by atoms with Crippen LogP contribution < -0.4 is 4.90 Å². The summed E-state index contributed by atoms with van der Waals surface area (Å²) in [6, 6.07) is 6.09. The molecule has 0 spiro atoms. The van der Waals surface area contributed by atoms with Crippen LogP contribution >= 0.6 is 24.0 Å². The zero-order valence-electron chi connectivity index (χ0n) is 13.5. The van der Waals surface area contributed by atoms with Gasteiger partial charge in [-0.3, -0.25) is 9.69 Å². The average Bonchev–Trinajstić information content (AvgIpc) is 2.81. The first-order valence-corrected chi connectivity index (χ1v) is 9.12. The SMILES string of the molecule is CC[NH+](CC)CCCN1C(=O)/C(=C/c2ccc(F)cc2)SC1=S. The molecule has 1 heterocycles. The van der Waals surface area contributed by atoms with E-state index in [0.717, 1.165) is 31.6 Å². The lowest BCUT2D eigenvalue weighted by atomic mass is 10.2. The molecule has 1 aromatic rings. The summed E-state index contributed by atoms with van der Waals surface area (Å²) in [4.78, 5) is 16.3. The largest absolute Gasteiger partial charge is 0.335 e. The summed E-state index contributed by atoms with van der Waals surface area (Å²) in [7, 11) is 0. The van der Waals surface area contributed by atoms with Crippen LogP contribution in [-0.4, -0.2) is 41.3 Å². The fourth-order valence-electron chi connectivity index (χ4n) is 2.49. The molecule has 23 heavy (non-hydrogen) atoms. The molecule has 3 nitrogen and oxygen atoms in total. The van der Waals surface area contributed by atoms with Gasteiger partial charge in [-0.15, -0.1) is 0 Å². The molecule has 1 fully saturated rings. The van der Waals surface area contributed by atoms with Gasteiger partial charge >= 0.3 is 0 Å². The Balaban J connectivity index is 1.98. The zero-order valence-corrected chi connectivity index (χ0v) is 15.1. The standard InChI is InChI=1S/C17H21FN2OS2/c1-3-19(4-2)10-5-11-20-16(21)15(23-17(20)22)12-13-6-8-14(18)9-7-13/h6-9,12H,3-5,10-11H2,1-2H3/p+1/b15-12-. The third kappa shape index (κ3) is 4.86. The monoisotopic (exact) mass is 353 g/mol. The van der Waals surface area contributed by atoms with Gasteiger partial charge < -0.3 is 4.90 Å². The molecule has 0 saturated carbocycles. The number of carbonyl (C=O) groups is 1. The quantitative estimate of drug-likeness (QED) is 0.602. The van der Waals surface area contributed by atoms with Crippen LogP contribution in [0.2, 0.25) is 0 Å². The number of hydrogen-bond acceptors (Lipinski definition) is 3. The Bertz CT molecular complexity index is 597. The Morgan fingerprint density at radius 1 is 1.26 bits per heavy atom. The molecule has 0 aromatic heterocycles. The predicted molar refractivity (Wildman–Crippen MR) is 97.8 cm³/mol. The van der Waals surface area contributed by atoms with E-state index in [9.17, 15) is 9.18 Å². The normalized spacial score (nSPS) is 16.9. The molecule has 0 atom stereocenters. The summed E-state index contributed by atoms with van der Waals surface area (Å²) in [6.45, 7) is 8.24. The number of rotatable bonds is 7. The third-order valence-corrected chi connectivity index (χ3v) is 5.33. The Morgan fingerprint density at radius 2 is 1.91 bits per heavy atom. The Hall–Kier alpha value is -1.24. The van der Waals surface area contributed by atoms with Crippen molar-refractivity contribution in [2.45, 2.75) is 20.3 Å². The molecule has 1 N–H and O–H groups in total. The Kier molecular flexibility index (Phi) is 6.74. The zero-order chi connectivity index (χ0) is 16.8. The molecule has 0 unspecified atom stereocenters. The fourth-order valence-corrected chi connectivity index (χ4v) is 3.80. The van der Waals surface area contributed by atoms with Gasteiger partial charge in [0, 0.05) is 13.0 Å². The van der Waals surface area contributed by atoms with Crippen LogP contribution in [0.15, 0.2) is 29.2 Å². The van der Waals surface area contributed by atoms with Gasteiger partial charge in [0.15, 0.2) is 0 Å². The lowest BCUT2D eigenvalue weighted by molar-refractivity contribution is -0.896. The molecule has 124 valence electrons. The van der Waals surface area contributed by atoms with E-state index in [0.29, 0.717) is 15.8 Å². The highest BCUT2D eigenvalue weighted by atomic mass is 32.2. The van der Waals surface area contributed by atoms with Gasteiger partial charge in [0.25, 0.3) is 5.91 Å². The van der Waals surface area contributed by atoms with Gasteiger partial charge in [-0.05, 0) is 37.6 Å². The summed E-state index contributed by atoms with van der Waals surface area (Å²) in [5, 5.41) is 0. The van der Waals surface area contributed by atoms with E-state index >= 15 is 0 Å². The van der Waals surface area contributed by atoms with Gasteiger partial charge in [-0.2, -0.15) is 0 Å². The molecular formula is C17H22FN2OS2+. The van der Waals surface area contributed by atoms with Gasteiger partial charge in [-0.1, -0.05) is 36.1 Å². The first-order chi connectivity index (χ1) is 11.0. The van der Waals surface area contributed by atoms with Crippen LogP contribution in [0, 0.1) is 5.82 Å². The highest BCUT2D eigenvalue weighted by molar-refractivity contribution is 8.26. The molecular weight excluding hydrogens is 331 g/mol. The van der Waals surface area contributed by atoms with Crippen molar-refractivity contribution >= 4 is 40.3 Å². The first kappa shape index (κ1) is 18.1. The minimum atomic E-state index is -0.284. The van der Waals surface area contributed by atoms with Crippen LogP contribution in [0.25, 0.3) is 6.08 Å². The van der Waals surface area contributed by atoms with Gasteiger partial charge in [-0.25, -0.2) is 4.39 Å². The minimum absolute atomic E-state index is 0.0427. The molecule has 1 saturated heterocycles. The number of thiocarbonyl (C=S) groups is 1. The van der Waals surface area contributed by atoms with E-state index in [1.807, 2.05) is 0 Å². The summed E-state index contributed by atoms with van der Waals surface area (Å²) in [6.07, 6.45) is 2.71. The molecule has 1 aliphatic rings. The second-order valence-corrected chi connectivity index (χ2v) is 7.12. The predicted octanol–water partition coefficient (Wildman–Crippen LogP) is 2.34. The minimum Gasteiger partial charge on any atom is -0.335 e. The Morgan fingerprint density at radius 3 is 2.52 bits per heavy atom. The van der Waals surface area contributed by atoms with Crippen molar-refractivity contribution in [1.82, 2.24) is 4.90 Å². The lowest BCUT2D eigenvalue weighted by Gasteiger charge is -2.18. The highest BCUT2D eigenvalue weighted by Gasteiger charge is 2.31. The van der Waals surface area contributed by atoms with Gasteiger partial charge in [0.05, 0.1) is 24.5 Å². The summed E-state index contributed by atoms with van der Waals surface area (Å²) in [5.74, 6) is -0.326. The number of carbonyl (C=O) groups excluding carboxylic acids is 1. The average molecular weight is 354 g/mol. The first-order valence-electron chi connectivity index (χ1n) is 7.89. The van der Waals surface area contributed by atoms with E-state index in [-0.39, 0.29) is 11.7 Å². The maximum absolute atomic E-state index is 12.9. The number of amides is 1. The summed E-state index contributed by atoms with van der Waals surface area (Å²) in [5.41, 5.74) is 0.805. The van der Waals surface area contributed by atoms with Crippen molar-refractivity contribution in [2.75, 3.05) is 26.2 Å². The van der Waals surface area contributed by atoms with Crippen molar-refractivity contribution in [3.8, 4) is 0 Å². The lowest BCUT2D eigenvalue weighted by Crippen LogP contribution is -3.11.